The number of carbonyl (C=O) groups is 1. The van der Waals surface area contributed by atoms with Gasteiger partial charge in [0.1, 0.15) is 0 Å². The second-order valence-electron chi connectivity index (χ2n) is 6.69. The van der Waals surface area contributed by atoms with Gasteiger partial charge in [-0.05, 0) is 28.2 Å². The third-order valence-corrected chi connectivity index (χ3v) is 4.88. The van der Waals surface area contributed by atoms with Gasteiger partial charge in [0, 0.05) is 35.3 Å². The molecule has 0 atom stereocenters. The Labute approximate surface area is 202 Å². The molecule has 0 aromatic heterocycles. The van der Waals surface area contributed by atoms with E-state index in [0.29, 0.717) is 14.2 Å². The number of ether oxygens (including phenoxy) is 1. The molecule has 0 saturated carbocycles. The number of carbonyl (C=O) groups excluding carboxylic acids is 1. The number of methoxy groups -OCH3 is 1. The van der Waals surface area contributed by atoms with E-state index in [1.165, 1.54) is 9.80 Å². The van der Waals surface area contributed by atoms with Crippen LogP contribution in [0.15, 0.2) is 0 Å². The van der Waals surface area contributed by atoms with Crippen molar-refractivity contribution < 1.29 is 61.1 Å². The molecule has 0 aliphatic rings. The topological polar surface area (TPSA) is 126 Å². The summed E-state index contributed by atoms with van der Waals surface area (Å²) in [6.45, 7) is 0. The maximum Gasteiger partial charge on any atom is 0.523 e. The van der Waals surface area contributed by atoms with Gasteiger partial charge in [-0.2, -0.15) is 43.2 Å². The van der Waals surface area contributed by atoms with Gasteiger partial charge in [-0.1, -0.05) is 0 Å². The fraction of sp³-hybridized carbons (Fsp3) is 0.933. The number of hydrogen-bond acceptors (Lipinski definition) is 10. The molecule has 0 bridgehead atoms. The largest absolute Gasteiger partial charge is 0.523 e. The lowest BCUT2D eigenvalue weighted by molar-refractivity contribution is -0.0950. The molecular weight excluding hydrogens is 542 g/mol. The van der Waals surface area contributed by atoms with Crippen molar-refractivity contribution >= 4 is 26.3 Å². The molecule has 0 saturated heterocycles. The minimum absolute atomic E-state index is 0.0185. The summed E-state index contributed by atoms with van der Waals surface area (Å²) in [5.41, 5.74) is -10.6. The van der Waals surface area contributed by atoms with Crippen LogP contribution in [-0.4, -0.2) is 138 Å². The van der Waals surface area contributed by atoms with Gasteiger partial charge in [0.15, 0.2) is 6.35 Å². The summed E-state index contributed by atoms with van der Waals surface area (Å²) in [7, 11) is 6.74. The Kier molecular flexibility index (Phi) is 19.9. The van der Waals surface area contributed by atoms with Gasteiger partial charge in [0.25, 0.3) is 0 Å². The monoisotopic (exact) mass is 576 g/mol. The van der Waals surface area contributed by atoms with Gasteiger partial charge in [-0.25, -0.2) is 4.79 Å². The molecule has 35 heavy (non-hydrogen) atoms. The molecule has 0 aliphatic carbocycles. The number of hydrogen-bond donors (Lipinski definition) is 0. The fourth-order valence-electron chi connectivity index (χ4n) is 1.47. The summed E-state index contributed by atoms with van der Waals surface area (Å²) in [6.07, 6.45) is 0.0880. The van der Waals surface area contributed by atoms with Gasteiger partial charge >= 0.3 is 37.3 Å². The molecule has 0 aromatic rings. The van der Waals surface area contributed by atoms with Gasteiger partial charge in [0.05, 0.1) is 14.2 Å². The molecule has 0 spiro atoms. The standard InChI is InChI=1S/C6H16N2O.C5H12N2O.2C2H3F3O3S/c1-7(2)6(9-5)8(3)4;1-6(2)5(8)7(3)4;2*1-8-9(6,7)2(3,4)5/h6H,1-5H3;1-4H3;2*1H3. The Morgan fingerprint density at radius 1 is 0.629 bits per heavy atom. The van der Waals surface area contributed by atoms with Crippen LogP contribution in [0.25, 0.3) is 0 Å². The smallest absolute Gasteiger partial charge is 0.353 e. The summed E-state index contributed by atoms with van der Waals surface area (Å²) < 4.78 is 117. The molecule has 0 heterocycles. The minimum Gasteiger partial charge on any atom is -0.353 e. The average Bonchev–Trinajstić information content (AvgIpc) is 2.66. The zero-order chi connectivity index (χ0) is 29.6. The average molecular weight is 577 g/mol. The molecule has 0 rings (SSSR count). The lowest BCUT2D eigenvalue weighted by Gasteiger charge is -2.28. The number of rotatable bonds is 5. The van der Waals surface area contributed by atoms with Gasteiger partial charge in [-0.15, -0.1) is 0 Å². The molecule has 2 amide bonds. The Bertz CT molecular complexity index is 724. The van der Waals surface area contributed by atoms with E-state index in [9.17, 15) is 48.0 Å². The Morgan fingerprint density at radius 2 is 0.857 bits per heavy atom. The SMILES string of the molecule is CN(C)C(=O)N(C)C.COC(N(C)C)N(C)C.COS(=O)(=O)C(F)(F)F.COS(=O)(=O)C(F)(F)F. The predicted octanol–water partition coefficient (Wildman–Crippen LogP) is 1.23. The second kappa shape index (κ2) is 17.1. The highest BCUT2D eigenvalue weighted by Crippen LogP contribution is 2.24. The molecule has 216 valence electrons. The van der Waals surface area contributed by atoms with Crippen LogP contribution < -0.4 is 0 Å². The van der Waals surface area contributed by atoms with Crippen LogP contribution in [0, 0.1) is 0 Å². The molecular formula is C15H34F6N4O8S2. The summed E-state index contributed by atoms with van der Waals surface area (Å²) in [4.78, 5) is 17.8. The van der Waals surface area contributed by atoms with E-state index in [4.69, 9.17) is 4.74 Å². The zero-order valence-corrected chi connectivity index (χ0v) is 22.8. The highest BCUT2D eigenvalue weighted by molar-refractivity contribution is 7.87. The Morgan fingerprint density at radius 3 is 0.857 bits per heavy atom. The Hall–Kier alpha value is -1.45. The number of alkyl halides is 6. The maximum atomic E-state index is 11.1. The fourth-order valence-corrected chi connectivity index (χ4v) is 1.85. The van der Waals surface area contributed by atoms with Crippen LogP contribution in [0.1, 0.15) is 0 Å². The normalized spacial score (nSPS) is 12.1. The molecule has 20 heteroatoms. The van der Waals surface area contributed by atoms with E-state index < -0.39 is 31.3 Å². The first-order valence-corrected chi connectivity index (χ1v) is 11.6. The second-order valence-corrected chi connectivity index (χ2v) is 10.1. The van der Waals surface area contributed by atoms with Crippen LogP contribution >= 0.6 is 0 Å². The summed E-state index contributed by atoms with van der Waals surface area (Å²) in [5.74, 6) is 0. The third-order valence-electron chi connectivity index (χ3n) is 2.87. The van der Waals surface area contributed by atoms with E-state index in [0.717, 1.165) is 0 Å². The van der Waals surface area contributed by atoms with Crippen molar-refractivity contribution in [1.29, 1.82) is 0 Å². The lowest BCUT2D eigenvalue weighted by Crippen LogP contribution is -2.41. The van der Waals surface area contributed by atoms with E-state index in [-0.39, 0.29) is 12.4 Å². The van der Waals surface area contributed by atoms with E-state index in [2.05, 4.69) is 8.37 Å². The first-order chi connectivity index (χ1) is 15.3. The molecule has 0 radical (unpaired) electrons. The quantitative estimate of drug-likeness (QED) is 0.204. The highest BCUT2D eigenvalue weighted by Gasteiger charge is 2.47. The number of amides is 2. The van der Waals surface area contributed by atoms with Crippen LogP contribution in [-0.2, 0) is 33.3 Å². The minimum atomic E-state index is -5.34. The van der Waals surface area contributed by atoms with Crippen LogP contribution in [0.3, 0.4) is 0 Å². The highest BCUT2D eigenvalue weighted by atomic mass is 32.2. The van der Waals surface area contributed by atoms with Gasteiger partial charge in [0.2, 0.25) is 0 Å². The number of nitrogens with zero attached hydrogens (tertiary/aromatic N) is 4. The summed E-state index contributed by atoms with van der Waals surface area (Å²) in [6, 6.07) is 0.0185. The van der Waals surface area contributed by atoms with E-state index in [1.54, 1.807) is 35.3 Å². The Balaban J connectivity index is -0.000000183. The molecule has 0 unspecified atom stereocenters. The first-order valence-electron chi connectivity index (χ1n) is 8.75. The predicted molar refractivity (Wildman–Crippen MR) is 115 cm³/mol. The third kappa shape index (κ3) is 18.5. The van der Waals surface area contributed by atoms with Crippen molar-refractivity contribution in [3.63, 3.8) is 0 Å². The van der Waals surface area contributed by atoms with Crippen molar-refractivity contribution in [3.8, 4) is 0 Å². The van der Waals surface area contributed by atoms with E-state index in [1.807, 2.05) is 38.0 Å². The molecule has 0 fully saturated rings. The summed E-state index contributed by atoms with van der Waals surface area (Å²) in [5, 5.41) is 0. The van der Waals surface area contributed by atoms with Crippen molar-refractivity contribution in [3.05, 3.63) is 0 Å². The van der Waals surface area contributed by atoms with Crippen LogP contribution in [0.2, 0.25) is 0 Å². The van der Waals surface area contributed by atoms with Crippen LogP contribution in [0.4, 0.5) is 31.1 Å². The van der Waals surface area contributed by atoms with Crippen molar-refractivity contribution in [2.75, 3.05) is 77.7 Å². The summed E-state index contributed by atoms with van der Waals surface area (Å²) >= 11 is 0. The first kappa shape index (κ1) is 40.7. The van der Waals surface area contributed by atoms with Crippen molar-refractivity contribution in [2.24, 2.45) is 0 Å². The molecule has 0 aliphatic heterocycles. The molecule has 0 N–H and O–H groups in total. The number of urea groups is 1. The lowest BCUT2D eigenvalue weighted by atomic mass is 10.7. The van der Waals surface area contributed by atoms with Crippen molar-refractivity contribution in [1.82, 2.24) is 19.6 Å². The number of halogens is 6. The van der Waals surface area contributed by atoms with Crippen LogP contribution in [0.5, 0.6) is 0 Å². The van der Waals surface area contributed by atoms with Gasteiger partial charge < -0.3 is 14.5 Å². The van der Waals surface area contributed by atoms with Crippen molar-refractivity contribution in [2.45, 2.75) is 17.4 Å². The maximum absolute atomic E-state index is 11.1. The van der Waals surface area contributed by atoms with Gasteiger partial charge in [-0.3, -0.25) is 18.2 Å². The van der Waals surface area contributed by atoms with E-state index >= 15 is 0 Å². The molecule has 0 aromatic carbocycles. The molecule has 12 nitrogen and oxygen atoms in total. The zero-order valence-electron chi connectivity index (χ0n) is 21.2.